The molecule has 1 N–H and O–H groups in total. The standard InChI is InChI=1S/C14H15F3N2OS/c1-3-8(4-2)12(20)19-13-18-11-9(14(15,16)17)6-5-7-10(11)21-13/h5-8H,3-4H2,1-2H3,(H,18,19,20). The fraction of sp³-hybridized carbons (Fsp3) is 0.429. The van der Waals surface area contributed by atoms with E-state index in [0.717, 1.165) is 17.4 Å². The summed E-state index contributed by atoms with van der Waals surface area (Å²) >= 11 is 1.05. The number of aromatic nitrogens is 1. The number of amides is 1. The molecular weight excluding hydrogens is 301 g/mol. The summed E-state index contributed by atoms with van der Waals surface area (Å²) in [4.78, 5) is 15.9. The lowest BCUT2D eigenvalue weighted by molar-refractivity contribution is -0.136. The Kier molecular flexibility index (Phi) is 4.51. The van der Waals surface area contributed by atoms with Gasteiger partial charge in [0.25, 0.3) is 0 Å². The van der Waals surface area contributed by atoms with Gasteiger partial charge in [-0.1, -0.05) is 31.3 Å². The third-order valence-electron chi connectivity index (χ3n) is 3.31. The summed E-state index contributed by atoms with van der Waals surface area (Å²) < 4.78 is 39.1. The number of hydrogen-bond donors (Lipinski definition) is 1. The Morgan fingerprint density at radius 3 is 2.57 bits per heavy atom. The average Bonchev–Trinajstić information content (AvgIpc) is 2.80. The highest BCUT2D eigenvalue weighted by Crippen LogP contribution is 2.37. The van der Waals surface area contributed by atoms with Crippen molar-refractivity contribution in [1.29, 1.82) is 0 Å². The maximum atomic E-state index is 12.9. The van der Waals surface area contributed by atoms with Crippen LogP contribution in [0.4, 0.5) is 18.3 Å². The van der Waals surface area contributed by atoms with Crippen LogP contribution in [0.2, 0.25) is 0 Å². The van der Waals surface area contributed by atoms with Crippen molar-refractivity contribution in [1.82, 2.24) is 4.98 Å². The van der Waals surface area contributed by atoms with Gasteiger partial charge in [0.1, 0.15) is 0 Å². The number of anilines is 1. The number of halogens is 3. The number of benzene rings is 1. The number of nitrogens with zero attached hydrogens (tertiary/aromatic N) is 1. The molecule has 0 radical (unpaired) electrons. The maximum absolute atomic E-state index is 12.9. The lowest BCUT2D eigenvalue weighted by Crippen LogP contribution is -2.21. The molecule has 0 unspecified atom stereocenters. The van der Waals surface area contributed by atoms with E-state index in [2.05, 4.69) is 10.3 Å². The van der Waals surface area contributed by atoms with Crippen LogP contribution in [0.1, 0.15) is 32.3 Å². The lowest BCUT2D eigenvalue weighted by atomic mass is 10.0. The van der Waals surface area contributed by atoms with Gasteiger partial charge in [0, 0.05) is 5.92 Å². The minimum absolute atomic E-state index is 0.116. The SMILES string of the molecule is CCC(CC)C(=O)Nc1nc2c(C(F)(F)F)cccc2s1. The first-order chi connectivity index (χ1) is 9.86. The predicted octanol–water partition coefficient (Wildman–Crippen LogP) is 4.69. The van der Waals surface area contributed by atoms with Crippen molar-refractivity contribution >= 4 is 32.6 Å². The topological polar surface area (TPSA) is 42.0 Å². The second-order valence-electron chi connectivity index (χ2n) is 4.67. The number of carbonyl (C=O) groups is 1. The molecule has 1 aromatic carbocycles. The molecule has 7 heteroatoms. The largest absolute Gasteiger partial charge is 0.418 e. The molecule has 1 heterocycles. The number of thiazole rings is 1. The van der Waals surface area contributed by atoms with E-state index in [0.29, 0.717) is 17.5 Å². The smallest absolute Gasteiger partial charge is 0.302 e. The molecule has 0 aliphatic rings. The van der Waals surface area contributed by atoms with Gasteiger partial charge in [0.15, 0.2) is 5.13 Å². The summed E-state index contributed by atoms with van der Waals surface area (Å²) in [5, 5.41) is 2.82. The fourth-order valence-electron chi connectivity index (χ4n) is 2.10. The van der Waals surface area contributed by atoms with Gasteiger partial charge < -0.3 is 5.32 Å². The summed E-state index contributed by atoms with van der Waals surface area (Å²) in [5.41, 5.74) is -0.894. The fourth-order valence-corrected chi connectivity index (χ4v) is 2.99. The normalized spacial score (nSPS) is 12.1. The van der Waals surface area contributed by atoms with E-state index < -0.39 is 11.7 Å². The molecule has 0 fully saturated rings. The number of fused-ring (bicyclic) bond motifs is 1. The van der Waals surface area contributed by atoms with Crippen molar-refractivity contribution in [2.24, 2.45) is 5.92 Å². The molecule has 0 aliphatic carbocycles. The molecule has 2 rings (SSSR count). The van der Waals surface area contributed by atoms with Crippen LogP contribution in [-0.4, -0.2) is 10.9 Å². The Labute approximate surface area is 124 Å². The zero-order valence-corrected chi connectivity index (χ0v) is 12.4. The molecule has 0 atom stereocenters. The molecule has 0 bridgehead atoms. The van der Waals surface area contributed by atoms with Gasteiger partial charge in [-0.15, -0.1) is 0 Å². The molecule has 0 saturated carbocycles. The van der Waals surface area contributed by atoms with Crippen LogP contribution >= 0.6 is 11.3 Å². The molecule has 0 spiro atoms. The highest BCUT2D eigenvalue weighted by atomic mass is 32.1. The van der Waals surface area contributed by atoms with Crippen LogP contribution in [0.15, 0.2) is 18.2 Å². The van der Waals surface area contributed by atoms with E-state index in [1.807, 2.05) is 13.8 Å². The Hall–Kier alpha value is -1.63. The van der Waals surface area contributed by atoms with Crippen LogP contribution in [-0.2, 0) is 11.0 Å². The second-order valence-corrected chi connectivity index (χ2v) is 5.70. The van der Waals surface area contributed by atoms with Gasteiger partial charge in [-0.25, -0.2) is 4.98 Å². The summed E-state index contributed by atoms with van der Waals surface area (Å²) in [6.07, 6.45) is -3.09. The number of rotatable bonds is 4. The molecule has 114 valence electrons. The van der Waals surface area contributed by atoms with Crippen molar-refractivity contribution in [3.05, 3.63) is 23.8 Å². The summed E-state index contributed by atoms with van der Waals surface area (Å²) in [7, 11) is 0. The lowest BCUT2D eigenvalue weighted by Gasteiger charge is -2.10. The zero-order chi connectivity index (χ0) is 15.6. The Balaban J connectivity index is 2.34. The summed E-state index contributed by atoms with van der Waals surface area (Å²) in [6.45, 7) is 3.79. The van der Waals surface area contributed by atoms with E-state index in [1.54, 1.807) is 6.07 Å². The van der Waals surface area contributed by atoms with Crippen LogP contribution in [0, 0.1) is 5.92 Å². The van der Waals surface area contributed by atoms with Gasteiger partial charge in [-0.3, -0.25) is 4.79 Å². The highest BCUT2D eigenvalue weighted by Gasteiger charge is 2.33. The molecular formula is C14H15F3N2OS. The number of para-hydroxylation sites is 1. The molecule has 2 aromatic rings. The molecule has 0 saturated heterocycles. The van der Waals surface area contributed by atoms with Crippen molar-refractivity contribution < 1.29 is 18.0 Å². The van der Waals surface area contributed by atoms with Crippen molar-refractivity contribution in [2.45, 2.75) is 32.9 Å². The van der Waals surface area contributed by atoms with Crippen LogP contribution in [0.3, 0.4) is 0 Å². The Morgan fingerprint density at radius 2 is 2.00 bits per heavy atom. The van der Waals surface area contributed by atoms with E-state index in [4.69, 9.17) is 0 Å². The van der Waals surface area contributed by atoms with Crippen LogP contribution < -0.4 is 5.32 Å². The molecule has 1 aromatic heterocycles. The first kappa shape index (κ1) is 15.8. The van der Waals surface area contributed by atoms with E-state index in [1.165, 1.54) is 6.07 Å². The van der Waals surface area contributed by atoms with Gasteiger partial charge in [-0.05, 0) is 25.0 Å². The van der Waals surface area contributed by atoms with Gasteiger partial charge in [-0.2, -0.15) is 13.2 Å². The first-order valence-corrected chi connectivity index (χ1v) is 7.46. The maximum Gasteiger partial charge on any atom is 0.418 e. The molecule has 0 aliphatic heterocycles. The van der Waals surface area contributed by atoms with Gasteiger partial charge >= 0.3 is 6.18 Å². The van der Waals surface area contributed by atoms with Crippen LogP contribution in [0.25, 0.3) is 10.2 Å². The van der Waals surface area contributed by atoms with Crippen LogP contribution in [0.5, 0.6) is 0 Å². The van der Waals surface area contributed by atoms with Gasteiger partial charge in [0.05, 0.1) is 15.8 Å². The third-order valence-corrected chi connectivity index (χ3v) is 4.25. The van der Waals surface area contributed by atoms with E-state index in [-0.39, 0.29) is 22.5 Å². The number of alkyl halides is 3. The van der Waals surface area contributed by atoms with Crippen molar-refractivity contribution in [3.8, 4) is 0 Å². The first-order valence-electron chi connectivity index (χ1n) is 6.64. The minimum atomic E-state index is -4.45. The van der Waals surface area contributed by atoms with Crippen molar-refractivity contribution in [3.63, 3.8) is 0 Å². The molecule has 3 nitrogen and oxygen atoms in total. The molecule has 1 amide bonds. The molecule has 21 heavy (non-hydrogen) atoms. The zero-order valence-electron chi connectivity index (χ0n) is 11.6. The second kappa shape index (κ2) is 6.01. The summed E-state index contributed by atoms with van der Waals surface area (Å²) in [6, 6.07) is 3.90. The Morgan fingerprint density at radius 1 is 1.33 bits per heavy atom. The number of hydrogen-bond acceptors (Lipinski definition) is 3. The number of carbonyl (C=O) groups excluding carboxylic acids is 1. The monoisotopic (exact) mass is 316 g/mol. The quantitative estimate of drug-likeness (QED) is 0.889. The predicted molar refractivity (Wildman–Crippen MR) is 77.3 cm³/mol. The third kappa shape index (κ3) is 3.34. The summed E-state index contributed by atoms with van der Waals surface area (Å²) in [5.74, 6) is -0.355. The Bertz CT molecular complexity index is 647. The van der Waals surface area contributed by atoms with Gasteiger partial charge in [0.2, 0.25) is 5.91 Å². The minimum Gasteiger partial charge on any atom is -0.302 e. The van der Waals surface area contributed by atoms with E-state index >= 15 is 0 Å². The van der Waals surface area contributed by atoms with Crippen molar-refractivity contribution in [2.75, 3.05) is 5.32 Å². The average molecular weight is 316 g/mol. The highest BCUT2D eigenvalue weighted by molar-refractivity contribution is 7.22. The number of nitrogens with one attached hydrogen (secondary N) is 1. The van der Waals surface area contributed by atoms with E-state index in [9.17, 15) is 18.0 Å².